The van der Waals surface area contributed by atoms with Crippen molar-refractivity contribution in [1.82, 2.24) is 4.90 Å². The van der Waals surface area contributed by atoms with Crippen LogP contribution in [0.1, 0.15) is 19.3 Å². The Morgan fingerprint density at radius 1 is 1.29 bits per heavy atom. The number of furan rings is 1. The monoisotopic (exact) mass is 235 g/mol. The fourth-order valence-electron chi connectivity index (χ4n) is 2.95. The number of hydrogen-bond acceptors (Lipinski definition) is 4. The van der Waals surface area contributed by atoms with Crippen LogP contribution in [-0.2, 0) is 0 Å². The van der Waals surface area contributed by atoms with Gasteiger partial charge in [0.1, 0.15) is 12.5 Å². The van der Waals surface area contributed by atoms with Crippen LogP contribution < -0.4 is 10.2 Å². The van der Waals surface area contributed by atoms with E-state index in [0.717, 1.165) is 18.8 Å². The van der Waals surface area contributed by atoms with Gasteiger partial charge >= 0.3 is 0 Å². The van der Waals surface area contributed by atoms with E-state index in [-0.39, 0.29) is 0 Å². The highest BCUT2D eigenvalue weighted by molar-refractivity contribution is 5.70. The van der Waals surface area contributed by atoms with Crippen LogP contribution in [-0.4, -0.2) is 44.2 Å². The first-order chi connectivity index (χ1) is 8.33. The molecule has 1 unspecified atom stereocenters. The maximum atomic E-state index is 5.26. The van der Waals surface area contributed by atoms with Crippen molar-refractivity contribution in [3.05, 3.63) is 12.5 Å². The van der Waals surface area contributed by atoms with Gasteiger partial charge in [0, 0.05) is 20.1 Å². The number of hydrogen-bond donors (Lipinski definition) is 1. The molecule has 0 bridgehead atoms. The third kappa shape index (κ3) is 2.27. The quantitative estimate of drug-likeness (QED) is 0.849. The summed E-state index contributed by atoms with van der Waals surface area (Å²) < 4.78 is 5.26. The van der Waals surface area contributed by atoms with Crippen molar-refractivity contribution in [3.63, 3.8) is 0 Å². The molecular formula is C13H21N3O. The number of likely N-dealkylation sites (N-methyl/N-ethyl adjacent to an activating group) is 1. The van der Waals surface area contributed by atoms with Crippen LogP contribution in [0.4, 0.5) is 11.4 Å². The van der Waals surface area contributed by atoms with E-state index in [0.29, 0.717) is 6.04 Å². The number of nitrogens with one attached hydrogen (secondary N) is 1. The van der Waals surface area contributed by atoms with E-state index in [1.165, 1.54) is 38.0 Å². The highest BCUT2D eigenvalue weighted by atomic mass is 16.3. The van der Waals surface area contributed by atoms with Crippen molar-refractivity contribution in [3.8, 4) is 0 Å². The van der Waals surface area contributed by atoms with Crippen molar-refractivity contribution in [2.45, 2.75) is 25.3 Å². The second-order valence-corrected chi connectivity index (χ2v) is 5.25. The third-order valence-corrected chi connectivity index (χ3v) is 3.83. The lowest BCUT2D eigenvalue weighted by molar-refractivity contribution is 0.220. The van der Waals surface area contributed by atoms with Gasteiger partial charge in [-0.25, -0.2) is 0 Å². The Bertz CT molecular complexity index is 370. The molecule has 4 nitrogen and oxygen atoms in total. The van der Waals surface area contributed by atoms with Crippen molar-refractivity contribution in [2.24, 2.45) is 0 Å². The number of nitrogens with zero attached hydrogens (tertiary/aromatic N) is 2. The molecule has 3 rings (SSSR count). The minimum absolute atomic E-state index is 0.517. The number of anilines is 2. The lowest BCUT2D eigenvalue weighted by Crippen LogP contribution is -2.47. The van der Waals surface area contributed by atoms with Gasteiger partial charge in [-0.3, -0.25) is 0 Å². The van der Waals surface area contributed by atoms with Gasteiger partial charge in [-0.05, 0) is 25.9 Å². The van der Waals surface area contributed by atoms with Crippen molar-refractivity contribution < 1.29 is 4.42 Å². The lowest BCUT2D eigenvalue weighted by atomic mass is 10.1. The van der Waals surface area contributed by atoms with Crippen LogP contribution in [0.25, 0.3) is 0 Å². The SMILES string of the molecule is CN1CC(CN2CCCCC2)Nc2cocc21. The standard InChI is InChI=1S/C13H21N3O/c1-15-7-11(8-16-5-3-2-4-6-16)14-12-9-17-10-13(12)15/h9-11,14H,2-8H2,1H3. The summed E-state index contributed by atoms with van der Waals surface area (Å²) >= 11 is 0. The Morgan fingerprint density at radius 2 is 2.12 bits per heavy atom. The summed E-state index contributed by atoms with van der Waals surface area (Å²) in [5.74, 6) is 0. The summed E-state index contributed by atoms with van der Waals surface area (Å²) in [6, 6.07) is 0.517. The molecule has 2 aliphatic rings. The van der Waals surface area contributed by atoms with E-state index < -0.39 is 0 Å². The smallest absolute Gasteiger partial charge is 0.116 e. The molecule has 0 radical (unpaired) electrons. The summed E-state index contributed by atoms with van der Waals surface area (Å²) in [6.07, 6.45) is 7.76. The molecule has 0 spiro atoms. The Balaban J connectivity index is 1.62. The Morgan fingerprint density at radius 3 is 2.94 bits per heavy atom. The fraction of sp³-hybridized carbons (Fsp3) is 0.692. The first kappa shape index (κ1) is 11.0. The molecule has 1 aromatic heterocycles. The zero-order valence-corrected chi connectivity index (χ0v) is 10.5. The van der Waals surface area contributed by atoms with Crippen LogP contribution in [0.3, 0.4) is 0 Å². The number of piperidine rings is 1. The van der Waals surface area contributed by atoms with Gasteiger partial charge in [0.25, 0.3) is 0 Å². The summed E-state index contributed by atoms with van der Waals surface area (Å²) in [7, 11) is 2.14. The Hall–Kier alpha value is -1.16. The molecular weight excluding hydrogens is 214 g/mol. The zero-order valence-electron chi connectivity index (χ0n) is 10.5. The lowest BCUT2D eigenvalue weighted by Gasteiger charge is -2.36. The molecule has 3 heterocycles. The van der Waals surface area contributed by atoms with Crippen LogP contribution in [0.5, 0.6) is 0 Å². The Kier molecular flexibility index (Phi) is 2.97. The molecule has 94 valence electrons. The fourth-order valence-corrected chi connectivity index (χ4v) is 2.95. The predicted molar refractivity (Wildman–Crippen MR) is 69.7 cm³/mol. The van der Waals surface area contributed by atoms with Gasteiger partial charge in [-0.1, -0.05) is 6.42 Å². The highest BCUT2D eigenvalue weighted by Crippen LogP contribution is 2.30. The molecule has 0 aliphatic carbocycles. The van der Waals surface area contributed by atoms with Gasteiger partial charge < -0.3 is 19.5 Å². The molecule has 0 aromatic carbocycles. The normalized spacial score (nSPS) is 25.5. The molecule has 1 aromatic rings. The zero-order chi connectivity index (χ0) is 11.7. The molecule has 0 saturated carbocycles. The van der Waals surface area contributed by atoms with Crippen molar-refractivity contribution in [2.75, 3.05) is 43.4 Å². The number of fused-ring (bicyclic) bond motifs is 1. The average Bonchev–Trinajstić information content (AvgIpc) is 2.79. The number of likely N-dealkylation sites (tertiary alicyclic amines) is 1. The van der Waals surface area contributed by atoms with Gasteiger partial charge in [-0.15, -0.1) is 0 Å². The largest absolute Gasteiger partial charge is 0.468 e. The van der Waals surface area contributed by atoms with Crippen LogP contribution in [0.15, 0.2) is 16.9 Å². The van der Waals surface area contributed by atoms with E-state index >= 15 is 0 Å². The summed E-state index contributed by atoms with van der Waals surface area (Å²) in [4.78, 5) is 4.87. The minimum Gasteiger partial charge on any atom is -0.468 e. The van der Waals surface area contributed by atoms with E-state index in [2.05, 4.69) is 22.2 Å². The maximum Gasteiger partial charge on any atom is 0.116 e. The highest BCUT2D eigenvalue weighted by Gasteiger charge is 2.25. The summed E-state index contributed by atoms with van der Waals surface area (Å²) in [5, 5.41) is 3.58. The van der Waals surface area contributed by atoms with Crippen molar-refractivity contribution >= 4 is 11.4 Å². The second kappa shape index (κ2) is 4.61. The van der Waals surface area contributed by atoms with Crippen LogP contribution in [0.2, 0.25) is 0 Å². The minimum atomic E-state index is 0.517. The molecule has 17 heavy (non-hydrogen) atoms. The first-order valence-corrected chi connectivity index (χ1v) is 6.59. The maximum absolute atomic E-state index is 5.26. The number of rotatable bonds is 2. The molecule has 2 aliphatic heterocycles. The van der Waals surface area contributed by atoms with E-state index in [1.807, 2.05) is 12.5 Å². The molecule has 1 atom stereocenters. The molecule has 4 heteroatoms. The molecule has 1 N–H and O–H groups in total. The Labute approximate surface area is 103 Å². The third-order valence-electron chi connectivity index (χ3n) is 3.83. The van der Waals surface area contributed by atoms with Gasteiger partial charge in [0.2, 0.25) is 0 Å². The van der Waals surface area contributed by atoms with E-state index in [4.69, 9.17) is 4.42 Å². The first-order valence-electron chi connectivity index (χ1n) is 6.59. The average molecular weight is 235 g/mol. The van der Waals surface area contributed by atoms with Crippen molar-refractivity contribution in [1.29, 1.82) is 0 Å². The second-order valence-electron chi connectivity index (χ2n) is 5.25. The molecule has 1 saturated heterocycles. The summed E-state index contributed by atoms with van der Waals surface area (Å²) in [6.45, 7) is 4.73. The van der Waals surface area contributed by atoms with Crippen LogP contribution in [0, 0.1) is 0 Å². The van der Waals surface area contributed by atoms with Crippen LogP contribution >= 0.6 is 0 Å². The van der Waals surface area contributed by atoms with Gasteiger partial charge in [0.15, 0.2) is 0 Å². The van der Waals surface area contributed by atoms with Gasteiger partial charge in [0.05, 0.1) is 17.4 Å². The summed E-state index contributed by atoms with van der Waals surface area (Å²) in [5.41, 5.74) is 2.32. The van der Waals surface area contributed by atoms with E-state index in [9.17, 15) is 0 Å². The topological polar surface area (TPSA) is 31.6 Å². The predicted octanol–water partition coefficient (Wildman–Crippen LogP) is 2.00. The molecule has 1 fully saturated rings. The molecule has 0 amide bonds. The van der Waals surface area contributed by atoms with Gasteiger partial charge in [-0.2, -0.15) is 0 Å². The van der Waals surface area contributed by atoms with E-state index in [1.54, 1.807) is 0 Å².